The van der Waals surface area contributed by atoms with E-state index in [-0.39, 0.29) is 11.4 Å². The van der Waals surface area contributed by atoms with E-state index in [0.29, 0.717) is 12.6 Å². The standard InChI is InChI=1S/C14H27N3O/c1-14(2,3)15-10-13(18)17-9-8-16-7-5-4-6-12(16)11-17/h12,15H,4-11H2,1-3H3. The zero-order chi connectivity index (χ0) is 13.2. The van der Waals surface area contributed by atoms with E-state index in [0.717, 1.165) is 19.6 Å². The van der Waals surface area contributed by atoms with Crippen molar-refractivity contribution in [1.29, 1.82) is 0 Å². The molecular formula is C14H27N3O. The molecule has 0 bridgehead atoms. The Labute approximate surface area is 111 Å². The van der Waals surface area contributed by atoms with Crippen molar-refractivity contribution >= 4 is 5.91 Å². The van der Waals surface area contributed by atoms with Gasteiger partial charge in [-0.15, -0.1) is 0 Å². The Morgan fingerprint density at radius 2 is 2.00 bits per heavy atom. The fourth-order valence-corrected chi connectivity index (χ4v) is 2.84. The second-order valence-electron chi connectivity index (χ2n) is 6.63. The van der Waals surface area contributed by atoms with Crippen LogP contribution in [0.15, 0.2) is 0 Å². The molecule has 2 rings (SSSR count). The number of nitrogens with one attached hydrogen (secondary N) is 1. The van der Waals surface area contributed by atoms with Gasteiger partial charge in [0.1, 0.15) is 0 Å². The van der Waals surface area contributed by atoms with Gasteiger partial charge in [0.15, 0.2) is 0 Å². The summed E-state index contributed by atoms with van der Waals surface area (Å²) in [6.45, 7) is 10.9. The van der Waals surface area contributed by atoms with Crippen molar-refractivity contribution in [3.8, 4) is 0 Å². The lowest BCUT2D eigenvalue weighted by atomic mass is 9.99. The molecule has 1 atom stereocenters. The maximum atomic E-state index is 12.2. The van der Waals surface area contributed by atoms with Crippen molar-refractivity contribution in [2.45, 2.75) is 51.6 Å². The van der Waals surface area contributed by atoms with E-state index >= 15 is 0 Å². The van der Waals surface area contributed by atoms with Gasteiger partial charge in [-0.2, -0.15) is 0 Å². The minimum atomic E-state index is 0.0162. The van der Waals surface area contributed by atoms with E-state index in [4.69, 9.17) is 0 Å². The second-order valence-corrected chi connectivity index (χ2v) is 6.63. The van der Waals surface area contributed by atoms with Crippen LogP contribution in [0.25, 0.3) is 0 Å². The highest BCUT2D eigenvalue weighted by molar-refractivity contribution is 5.78. The lowest BCUT2D eigenvalue weighted by Gasteiger charge is -2.44. The molecule has 2 aliphatic heterocycles. The molecule has 2 heterocycles. The van der Waals surface area contributed by atoms with Gasteiger partial charge in [0, 0.05) is 31.2 Å². The maximum absolute atomic E-state index is 12.2. The van der Waals surface area contributed by atoms with Crippen LogP contribution in [0, 0.1) is 0 Å². The van der Waals surface area contributed by atoms with Crippen molar-refractivity contribution in [1.82, 2.24) is 15.1 Å². The average Bonchev–Trinajstić information content (AvgIpc) is 2.34. The zero-order valence-electron chi connectivity index (χ0n) is 12.0. The molecule has 0 aliphatic carbocycles. The SMILES string of the molecule is CC(C)(C)NCC(=O)N1CCN2CCCCC2C1. The van der Waals surface area contributed by atoms with Crippen molar-refractivity contribution in [3.63, 3.8) is 0 Å². The molecule has 4 heteroatoms. The van der Waals surface area contributed by atoms with Crippen LogP contribution in [-0.4, -0.2) is 60.0 Å². The Hall–Kier alpha value is -0.610. The number of rotatable bonds is 2. The number of hydrogen-bond donors (Lipinski definition) is 1. The van der Waals surface area contributed by atoms with Gasteiger partial charge in [-0.3, -0.25) is 9.69 Å². The third kappa shape index (κ3) is 3.69. The molecule has 0 saturated carbocycles. The summed E-state index contributed by atoms with van der Waals surface area (Å²) in [7, 11) is 0. The summed E-state index contributed by atoms with van der Waals surface area (Å²) in [6, 6.07) is 0.617. The normalized spacial score (nSPS) is 25.9. The van der Waals surface area contributed by atoms with Gasteiger partial charge in [0.2, 0.25) is 5.91 Å². The van der Waals surface area contributed by atoms with Crippen molar-refractivity contribution in [3.05, 3.63) is 0 Å². The van der Waals surface area contributed by atoms with E-state index in [1.54, 1.807) is 0 Å². The predicted molar refractivity (Wildman–Crippen MR) is 73.5 cm³/mol. The van der Waals surface area contributed by atoms with Gasteiger partial charge in [0.25, 0.3) is 0 Å². The van der Waals surface area contributed by atoms with Gasteiger partial charge < -0.3 is 10.2 Å². The lowest BCUT2D eigenvalue weighted by molar-refractivity contribution is -0.134. The number of piperazine rings is 1. The maximum Gasteiger partial charge on any atom is 0.236 e. The highest BCUT2D eigenvalue weighted by Gasteiger charge is 2.30. The van der Waals surface area contributed by atoms with Crippen LogP contribution >= 0.6 is 0 Å². The van der Waals surface area contributed by atoms with Gasteiger partial charge in [-0.25, -0.2) is 0 Å². The van der Waals surface area contributed by atoms with Gasteiger partial charge in [-0.1, -0.05) is 6.42 Å². The molecular weight excluding hydrogens is 226 g/mol. The first-order valence-corrected chi connectivity index (χ1v) is 7.22. The van der Waals surface area contributed by atoms with E-state index < -0.39 is 0 Å². The first-order chi connectivity index (χ1) is 8.46. The topological polar surface area (TPSA) is 35.6 Å². The summed E-state index contributed by atoms with van der Waals surface area (Å²) in [5, 5.41) is 3.29. The Bertz CT molecular complexity index is 298. The molecule has 0 aromatic heterocycles. The molecule has 104 valence electrons. The number of carbonyl (C=O) groups excluding carboxylic acids is 1. The molecule has 18 heavy (non-hydrogen) atoms. The zero-order valence-corrected chi connectivity index (χ0v) is 12.0. The van der Waals surface area contributed by atoms with Crippen LogP contribution in [0.2, 0.25) is 0 Å². The van der Waals surface area contributed by atoms with E-state index in [9.17, 15) is 4.79 Å². The number of piperidine rings is 1. The van der Waals surface area contributed by atoms with Crippen LogP contribution < -0.4 is 5.32 Å². The largest absolute Gasteiger partial charge is 0.339 e. The fourth-order valence-electron chi connectivity index (χ4n) is 2.84. The van der Waals surface area contributed by atoms with Crippen LogP contribution in [0.5, 0.6) is 0 Å². The number of carbonyl (C=O) groups is 1. The summed E-state index contributed by atoms with van der Waals surface area (Å²) < 4.78 is 0. The van der Waals surface area contributed by atoms with Crippen molar-refractivity contribution in [2.24, 2.45) is 0 Å². The third-order valence-electron chi connectivity index (χ3n) is 3.96. The quantitative estimate of drug-likeness (QED) is 0.799. The summed E-state index contributed by atoms with van der Waals surface area (Å²) in [5.74, 6) is 0.259. The minimum absolute atomic E-state index is 0.0162. The van der Waals surface area contributed by atoms with Crippen LogP contribution in [-0.2, 0) is 4.79 Å². The number of fused-ring (bicyclic) bond motifs is 1. The highest BCUT2D eigenvalue weighted by atomic mass is 16.2. The molecule has 4 nitrogen and oxygen atoms in total. The van der Waals surface area contributed by atoms with Gasteiger partial charge >= 0.3 is 0 Å². The highest BCUT2D eigenvalue weighted by Crippen LogP contribution is 2.20. The average molecular weight is 253 g/mol. The number of hydrogen-bond acceptors (Lipinski definition) is 3. The minimum Gasteiger partial charge on any atom is -0.339 e. The smallest absolute Gasteiger partial charge is 0.236 e. The summed E-state index contributed by atoms with van der Waals surface area (Å²) >= 11 is 0. The Morgan fingerprint density at radius 1 is 1.22 bits per heavy atom. The Morgan fingerprint density at radius 3 is 2.72 bits per heavy atom. The second kappa shape index (κ2) is 5.57. The van der Waals surface area contributed by atoms with Crippen LogP contribution in [0.1, 0.15) is 40.0 Å². The Kier molecular flexibility index (Phi) is 4.28. The molecule has 0 aromatic carbocycles. The molecule has 0 radical (unpaired) electrons. The molecule has 2 saturated heterocycles. The molecule has 0 spiro atoms. The molecule has 2 fully saturated rings. The molecule has 2 aliphatic rings. The predicted octanol–water partition coefficient (Wildman–Crippen LogP) is 1.07. The van der Waals surface area contributed by atoms with E-state index in [1.807, 2.05) is 4.90 Å². The third-order valence-corrected chi connectivity index (χ3v) is 3.96. The molecule has 1 unspecified atom stereocenters. The summed E-state index contributed by atoms with van der Waals surface area (Å²) in [4.78, 5) is 16.8. The van der Waals surface area contributed by atoms with Gasteiger partial charge in [0.05, 0.1) is 6.54 Å². The fraction of sp³-hybridized carbons (Fsp3) is 0.929. The number of amides is 1. The van der Waals surface area contributed by atoms with Crippen molar-refractivity contribution < 1.29 is 4.79 Å². The van der Waals surface area contributed by atoms with E-state index in [2.05, 4.69) is 31.0 Å². The van der Waals surface area contributed by atoms with E-state index in [1.165, 1.54) is 25.8 Å². The molecule has 1 amide bonds. The summed E-state index contributed by atoms with van der Waals surface area (Å²) in [6.07, 6.45) is 3.91. The molecule has 0 aromatic rings. The van der Waals surface area contributed by atoms with Crippen molar-refractivity contribution in [2.75, 3.05) is 32.7 Å². The molecule has 1 N–H and O–H groups in total. The summed E-state index contributed by atoms with van der Waals surface area (Å²) in [5.41, 5.74) is 0.0162. The lowest BCUT2D eigenvalue weighted by Crippen LogP contribution is -2.57. The van der Waals surface area contributed by atoms with Gasteiger partial charge in [-0.05, 0) is 40.2 Å². The van der Waals surface area contributed by atoms with Crippen LogP contribution in [0.3, 0.4) is 0 Å². The Balaban J connectivity index is 1.81. The first kappa shape index (κ1) is 13.8. The monoisotopic (exact) mass is 253 g/mol. The van der Waals surface area contributed by atoms with Crippen LogP contribution in [0.4, 0.5) is 0 Å². The first-order valence-electron chi connectivity index (χ1n) is 7.22. The number of nitrogens with zero attached hydrogens (tertiary/aromatic N) is 2.